The second-order valence-electron chi connectivity index (χ2n) is 7.75. The second kappa shape index (κ2) is 9.44. The highest BCUT2D eigenvalue weighted by Gasteiger charge is 2.24. The zero-order valence-corrected chi connectivity index (χ0v) is 20.3. The number of fused-ring (bicyclic) bond motifs is 1. The van der Waals surface area contributed by atoms with Gasteiger partial charge in [-0.3, -0.25) is 14.6 Å². The van der Waals surface area contributed by atoms with Crippen LogP contribution in [0.5, 0.6) is 0 Å². The number of nitrogens with zero attached hydrogens (tertiary/aromatic N) is 3. The van der Waals surface area contributed by atoms with Gasteiger partial charge in [0.2, 0.25) is 0 Å². The fourth-order valence-corrected chi connectivity index (χ4v) is 5.53. The summed E-state index contributed by atoms with van der Waals surface area (Å²) < 4.78 is 29.8. The maximum atomic E-state index is 13.5. The molecule has 0 radical (unpaired) electrons. The Balaban J connectivity index is 1.67. The minimum Gasteiger partial charge on any atom is -0.379 e. The number of aromatic nitrogens is 1. The van der Waals surface area contributed by atoms with Crippen LogP contribution in [0.4, 0.5) is 5.13 Å². The number of rotatable bonds is 6. The molecule has 0 atom stereocenters. The summed E-state index contributed by atoms with van der Waals surface area (Å²) in [7, 11) is -3.34. The number of hydrogen-bond donors (Lipinski definition) is 0. The van der Waals surface area contributed by atoms with Gasteiger partial charge >= 0.3 is 0 Å². The van der Waals surface area contributed by atoms with Crippen LogP contribution in [-0.2, 0) is 14.6 Å². The van der Waals surface area contributed by atoms with Crippen LogP contribution in [0.2, 0.25) is 5.02 Å². The van der Waals surface area contributed by atoms with Crippen LogP contribution in [0, 0.1) is 6.92 Å². The van der Waals surface area contributed by atoms with Crippen LogP contribution in [0.1, 0.15) is 15.9 Å². The first kappa shape index (κ1) is 23.1. The van der Waals surface area contributed by atoms with E-state index >= 15 is 0 Å². The number of carbonyl (C=O) groups is 1. The van der Waals surface area contributed by atoms with Gasteiger partial charge < -0.3 is 4.74 Å². The van der Waals surface area contributed by atoms with E-state index in [1.807, 2.05) is 19.1 Å². The number of thiazole rings is 1. The summed E-state index contributed by atoms with van der Waals surface area (Å²) in [6.45, 7) is 6.08. The third-order valence-corrected chi connectivity index (χ3v) is 8.10. The number of aryl methyl sites for hydroxylation is 1. The minimum atomic E-state index is -3.34. The Bertz CT molecular complexity index is 1200. The summed E-state index contributed by atoms with van der Waals surface area (Å²) in [5.74, 6) is -0.230. The molecule has 32 heavy (non-hydrogen) atoms. The molecule has 7 nitrogen and oxygen atoms in total. The summed E-state index contributed by atoms with van der Waals surface area (Å²) in [6.07, 6.45) is 1.14. The molecule has 2 aromatic carbocycles. The van der Waals surface area contributed by atoms with Gasteiger partial charge in [-0.15, -0.1) is 0 Å². The lowest BCUT2D eigenvalue weighted by molar-refractivity contribution is 0.0391. The molecule has 0 unspecified atom stereocenters. The van der Waals surface area contributed by atoms with Crippen molar-refractivity contribution in [3.05, 3.63) is 52.5 Å². The fraction of sp³-hybridized carbons (Fsp3) is 0.364. The molecule has 2 heterocycles. The van der Waals surface area contributed by atoms with Gasteiger partial charge in [-0.2, -0.15) is 0 Å². The Labute approximate surface area is 196 Å². The first-order valence-electron chi connectivity index (χ1n) is 10.2. The third kappa shape index (κ3) is 4.97. The van der Waals surface area contributed by atoms with Crippen molar-refractivity contribution in [1.82, 2.24) is 9.88 Å². The standard InChI is InChI=1S/C22H24ClN3O4S2/c1-15-3-8-18(23)20-19(15)24-22(31-20)26(10-9-25-11-13-30-14-12-25)21(27)16-4-6-17(7-5-16)32(2,28)29/h3-8H,9-14H2,1-2H3. The second-order valence-corrected chi connectivity index (χ2v) is 11.1. The maximum absolute atomic E-state index is 13.5. The summed E-state index contributed by atoms with van der Waals surface area (Å²) in [6, 6.07) is 9.77. The molecule has 1 aliphatic heterocycles. The molecule has 0 saturated carbocycles. The summed E-state index contributed by atoms with van der Waals surface area (Å²) in [5.41, 5.74) is 2.18. The first-order valence-corrected chi connectivity index (χ1v) is 13.3. The van der Waals surface area contributed by atoms with Gasteiger partial charge in [0.1, 0.15) is 0 Å². The highest BCUT2D eigenvalue weighted by atomic mass is 35.5. The number of sulfone groups is 1. The van der Waals surface area contributed by atoms with Gasteiger partial charge in [-0.05, 0) is 42.8 Å². The molecule has 0 N–H and O–H groups in total. The van der Waals surface area contributed by atoms with Crippen LogP contribution >= 0.6 is 22.9 Å². The summed E-state index contributed by atoms with van der Waals surface area (Å²) in [5, 5.41) is 1.18. The molecular weight excluding hydrogens is 470 g/mol. The predicted molar refractivity (Wildman–Crippen MR) is 128 cm³/mol. The van der Waals surface area contributed by atoms with Gasteiger partial charge in [0.15, 0.2) is 15.0 Å². The van der Waals surface area contributed by atoms with Crippen molar-refractivity contribution in [2.24, 2.45) is 0 Å². The molecule has 1 aliphatic rings. The first-order chi connectivity index (χ1) is 15.2. The summed E-state index contributed by atoms with van der Waals surface area (Å²) >= 11 is 7.78. The average molecular weight is 494 g/mol. The van der Waals surface area contributed by atoms with Gasteiger partial charge in [-0.25, -0.2) is 13.4 Å². The Morgan fingerprint density at radius 3 is 2.50 bits per heavy atom. The lowest BCUT2D eigenvalue weighted by Crippen LogP contribution is -2.43. The van der Waals surface area contributed by atoms with Gasteiger partial charge in [-0.1, -0.05) is 29.0 Å². The molecule has 0 aliphatic carbocycles. The molecule has 1 amide bonds. The number of carbonyl (C=O) groups excluding carboxylic acids is 1. The van der Waals surface area contributed by atoms with E-state index in [9.17, 15) is 13.2 Å². The van der Waals surface area contributed by atoms with E-state index < -0.39 is 9.84 Å². The van der Waals surface area contributed by atoms with E-state index in [0.29, 0.717) is 42.0 Å². The zero-order valence-electron chi connectivity index (χ0n) is 17.9. The van der Waals surface area contributed by atoms with Crippen molar-refractivity contribution in [2.45, 2.75) is 11.8 Å². The lowest BCUT2D eigenvalue weighted by atomic mass is 10.2. The number of amides is 1. The van der Waals surface area contributed by atoms with E-state index in [0.717, 1.165) is 35.1 Å². The zero-order chi connectivity index (χ0) is 22.9. The van der Waals surface area contributed by atoms with Crippen molar-refractivity contribution in [3.63, 3.8) is 0 Å². The molecule has 1 fully saturated rings. The quantitative estimate of drug-likeness (QED) is 0.521. The van der Waals surface area contributed by atoms with Crippen LogP contribution in [-0.4, -0.2) is 69.9 Å². The number of hydrogen-bond acceptors (Lipinski definition) is 7. The summed E-state index contributed by atoms with van der Waals surface area (Å²) in [4.78, 5) is 22.3. The predicted octanol–water partition coefficient (Wildman–Crippen LogP) is 3.64. The average Bonchev–Trinajstić information content (AvgIpc) is 3.23. The Hall–Kier alpha value is -2.04. The molecule has 0 bridgehead atoms. The number of morpholine rings is 1. The van der Waals surface area contributed by atoms with Crippen molar-refractivity contribution in [1.29, 1.82) is 0 Å². The SMILES string of the molecule is Cc1ccc(Cl)c2sc(N(CCN3CCOCC3)C(=O)c3ccc(S(C)(=O)=O)cc3)nc12. The highest BCUT2D eigenvalue weighted by molar-refractivity contribution is 7.90. The molecule has 4 rings (SSSR count). The molecule has 170 valence electrons. The number of halogens is 1. The van der Waals surface area contributed by atoms with Crippen LogP contribution in [0.25, 0.3) is 10.2 Å². The van der Waals surface area contributed by atoms with Crippen molar-refractivity contribution < 1.29 is 17.9 Å². The van der Waals surface area contributed by atoms with Gasteiger partial charge in [0.05, 0.1) is 33.3 Å². The van der Waals surface area contributed by atoms with Crippen LogP contribution < -0.4 is 4.90 Å². The highest BCUT2D eigenvalue weighted by Crippen LogP contribution is 2.36. The van der Waals surface area contributed by atoms with E-state index in [1.165, 1.54) is 23.5 Å². The Morgan fingerprint density at radius 2 is 1.88 bits per heavy atom. The molecule has 1 saturated heterocycles. The molecule has 3 aromatic rings. The monoisotopic (exact) mass is 493 g/mol. The normalized spacial score (nSPS) is 15.2. The minimum absolute atomic E-state index is 0.177. The number of anilines is 1. The van der Waals surface area contributed by atoms with Crippen molar-refractivity contribution >= 4 is 54.0 Å². The van der Waals surface area contributed by atoms with Gasteiger partial charge in [0, 0.05) is 38.0 Å². The Morgan fingerprint density at radius 1 is 1.19 bits per heavy atom. The molecule has 10 heteroatoms. The molecule has 1 aromatic heterocycles. The smallest absolute Gasteiger partial charge is 0.260 e. The van der Waals surface area contributed by atoms with E-state index in [2.05, 4.69) is 4.90 Å². The number of benzene rings is 2. The van der Waals surface area contributed by atoms with E-state index in [-0.39, 0.29) is 10.8 Å². The fourth-order valence-electron chi connectivity index (χ4n) is 3.56. The molecular formula is C22H24ClN3O4S2. The number of ether oxygens (including phenoxy) is 1. The van der Waals surface area contributed by atoms with Crippen molar-refractivity contribution in [3.8, 4) is 0 Å². The Kier molecular flexibility index (Phi) is 6.83. The maximum Gasteiger partial charge on any atom is 0.260 e. The lowest BCUT2D eigenvalue weighted by Gasteiger charge is -2.29. The van der Waals surface area contributed by atoms with E-state index in [1.54, 1.807) is 17.0 Å². The van der Waals surface area contributed by atoms with Gasteiger partial charge in [0.25, 0.3) is 5.91 Å². The van der Waals surface area contributed by atoms with Crippen LogP contribution in [0.15, 0.2) is 41.3 Å². The van der Waals surface area contributed by atoms with E-state index in [4.69, 9.17) is 21.3 Å². The molecule has 0 spiro atoms. The van der Waals surface area contributed by atoms with Crippen molar-refractivity contribution in [2.75, 3.05) is 50.5 Å². The topological polar surface area (TPSA) is 79.8 Å². The third-order valence-electron chi connectivity index (χ3n) is 5.43. The van der Waals surface area contributed by atoms with Crippen LogP contribution in [0.3, 0.4) is 0 Å². The largest absolute Gasteiger partial charge is 0.379 e.